The molecule has 0 aromatic heterocycles. The minimum atomic E-state index is -1.20. The summed E-state index contributed by atoms with van der Waals surface area (Å²) >= 11 is 3.27. The largest absolute Gasteiger partial charge is 0.368 e. The van der Waals surface area contributed by atoms with Crippen LogP contribution < -0.4 is 0 Å². The topological polar surface area (TPSA) is 29.5 Å². The molecule has 1 aliphatic heterocycles. The Balaban J connectivity index is 2.31. The lowest BCUT2D eigenvalue weighted by molar-refractivity contribution is -0.116. The molecule has 1 fully saturated rings. The third kappa shape index (κ3) is 3.58. The van der Waals surface area contributed by atoms with E-state index in [-0.39, 0.29) is 19.2 Å². The summed E-state index contributed by atoms with van der Waals surface area (Å²) in [7, 11) is 0. The summed E-state index contributed by atoms with van der Waals surface area (Å²) in [5.74, 6) is -4.25. The molecule has 3 nitrogen and oxygen atoms in total. The van der Waals surface area contributed by atoms with Gasteiger partial charge >= 0.3 is 0 Å². The Morgan fingerprint density at radius 3 is 2.48 bits per heavy atom. The number of halogens is 4. The molecule has 0 radical (unpaired) electrons. The second-order valence-corrected chi connectivity index (χ2v) is 6.23. The summed E-state index contributed by atoms with van der Waals surface area (Å²) in [5, 5.41) is 0.495. The van der Waals surface area contributed by atoms with Gasteiger partial charge in [-0.2, -0.15) is 0 Å². The third-order valence-electron chi connectivity index (χ3n) is 3.16. The molecule has 0 N–H and O–H groups in total. The standard InChI is InChI=1S/C14H15BrF3NO2/c1-14(2)7-19(6-9(5-15)21-14)13(20)12-10(17)3-8(16)4-11(12)18/h3-4,9H,5-7H2,1-2H3. The summed E-state index contributed by atoms with van der Waals surface area (Å²) in [6.07, 6.45) is -0.274. The first kappa shape index (κ1) is 16.3. The maximum absolute atomic E-state index is 13.7. The lowest BCUT2D eigenvalue weighted by atomic mass is 10.0. The number of alkyl halides is 1. The van der Waals surface area contributed by atoms with Gasteiger partial charge in [0.25, 0.3) is 5.91 Å². The van der Waals surface area contributed by atoms with E-state index in [1.54, 1.807) is 13.8 Å². The van der Waals surface area contributed by atoms with Crippen LogP contribution in [0.15, 0.2) is 12.1 Å². The lowest BCUT2D eigenvalue weighted by Crippen LogP contribution is -2.55. The van der Waals surface area contributed by atoms with Crippen LogP contribution in [0.2, 0.25) is 0 Å². The Morgan fingerprint density at radius 1 is 1.38 bits per heavy atom. The summed E-state index contributed by atoms with van der Waals surface area (Å²) in [6, 6.07) is 1.01. The van der Waals surface area contributed by atoms with Crippen molar-refractivity contribution in [1.29, 1.82) is 0 Å². The molecule has 1 saturated heterocycles. The number of carbonyl (C=O) groups excluding carboxylic acids is 1. The first-order valence-corrected chi connectivity index (χ1v) is 7.53. The molecule has 0 spiro atoms. The average molecular weight is 366 g/mol. The number of ether oxygens (including phenoxy) is 1. The monoisotopic (exact) mass is 365 g/mol. The second-order valence-electron chi connectivity index (χ2n) is 5.58. The summed E-state index contributed by atoms with van der Waals surface area (Å²) < 4.78 is 46.1. The van der Waals surface area contributed by atoms with Crippen LogP contribution in [0.3, 0.4) is 0 Å². The molecular formula is C14H15BrF3NO2. The van der Waals surface area contributed by atoms with Crippen LogP contribution in [0.4, 0.5) is 13.2 Å². The van der Waals surface area contributed by atoms with E-state index in [1.807, 2.05) is 0 Å². The van der Waals surface area contributed by atoms with Crippen molar-refractivity contribution in [1.82, 2.24) is 4.90 Å². The van der Waals surface area contributed by atoms with Gasteiger partial charge in [-0.3, -0.25) is 4.79 Å². The Hall–Kier alpha value is -1.08. The Morgan fingerprint density at radius 2 is 1.95 bits per heavy atom. The van der Waals surface area contributed by atoms with Crippen LogP contribution in [-0.4, -0.2) is 40.9 Å². The van der Waals surface area contributed by atoms with Gasteiger partial charge in [0.15, 0.2) is 0 Å². The van der Waals surface area contributed by atoms with Gasteiger partial charge in [0.2, 0.25) is 0 Å². The van der Waals surface area contributed by atoms with Gasteiger partial charge in [-0.25, -0.2) is 13.2 Å². The molecule has 7 heteroatoms. The zero-order chi connectivity index (χ0) is 15.8. The predicted octanol–water partition coefficient (Wildman–Crippen LogP) is 3.12. The number of carbonyl (C=O) groups is 1. The van der Waals surface area contributed by atoms with E-state index in [2.05, 4.69) is 15.9 Å². The number of amides is 1. The highest BCUT2D eigenvalue weighted by atomic mass is 79.9. The number of hydrogen-bond acceptors (Lipinski definition) is 2. The van der Waals surface area contributed by atoms with Crippen LogP contribution >= 0.6 is 15.9 Å². The fraction of sp³-hybridized carbons (Fsp3) is 0.500. The van der Waals surface area contributed by atoms with Crippen molar-refractivity contribution in [2.45, 2.75) is 25.6 Å². The fourth-order valence-corrected chi connectivity index (χ4v) is 2.77. The molecule has 1 aliphatic rings. The van der Waals surface area contributed by atoms with Crippen LogP contribution in [0.25, 0.3) is 0 Å². The zero-order valence-corrected chi connectivity index (χ0v) is 13.2. The van der Waals surface area contributed by atoms with Gasteiger partial charge in [-0.05, 0) is 13.8 Å². The molecule has 1 atom stereocenters. The number of rotatable bonds is 2. The normalized spacial score (nSPS) is 21.4. The fourth-order valence-electron chi connectivity index (χ4n) is 2.44. The smallest absolute Gasteiger partial charge is 0.260 e. The van der Waals surface area contributed by atoms with Gasteiger partial charge in [0, 0.05) is 30.6 Å². The summed E-state index contributed by atoms with van der Waals surface area (Å²) in [4.78, 5) is 13.7. The van der Waals surface area contributed by atoms with Crippen LogP contribution in [-0.2, 0) is 4.74 Å². The first-order chi connectivity index (χ1) is 9.73. The number of benzene rings is 1. The van der Waals surface area contributed by atoms with Crippen LogP contribution in [0.5, 0.6) is 0 Å². The van der Waals surface area contributed by atoms with E-state index < -0.39 is 34.5 Å². The van der Waals surface area contributed by atoms with E-state index in [0.29, 0.717) is 17.5 Å². The van der Waals surface area contributed by atoms with Gasteiger partial charge in [-0.1, -0.05) is 15.9 Å². The molecule has 116 valence electrons. The lowest BCUT2D eigenvalue weighted by Gasteiger charge is -2.42. The van der Waals surface area contributed by atoms with Crippen LogP contribution in [0, 0.1) is 17.5 Å². The van der Waals surface area contributed by atoms with E-state index in [9.17, 15) is 18.0 Å². The van der Waals surface area contributed by atoms with Crippen molar-refractivity contribution in [3.05, 3.63) is 35.1 Å². The van der Waals surface area contributed by atoms with Gasteiger partial charge in [0.05, 0.1) is 11.7 Å². The minimum Gasteiger partial charge on any atom is -0.368 e. The average Bonchev–Trinajstić information content (AvgIpc) is 2.35. The Labute approximate surface area is 129 Å². The number of nitrogens with zero attached hydrogens (tertiary/aromatic N) is 1. The van der Waals surface area contributed by atoms with Crippen molar-refractivity contribution in [3.8, 4) is 0 Å². The van der Waals surface area contributed by atoms with Crippen molar-refractivity contribution in [2.24, 2.45) is 0 Å². The summed E-state index contributed by atoms with van der Waals surface area (Å²) in [6.45, 7) is 3.99. The minimum absolute atomic E-state index is 0.200. The molecule has 0 aliphatic carbocycles. The van der Waals surface area contributed by atoms with Gasteiger partial charge in [0.1, 0.15) is 23.0 Å². The van der Waals surface area contributed by atoms with Crippen molar-refractivity contribution >= 4 is 21.8 Å². The Kier molecular flexibility index (Phi) is 4.63. The molecule has 1 aromatic rings. The maximum atomic E-state index is 13.7. The highest BCUT2D eigenvalue weighted by molar-refractivity contribution is 9.09. The van der Waals surface area contributed by atoms with E-state index in [4.69, 9.17) is 4.74 Å². The third-order valence-corrected chi connectivity index (χ3v) is 3.88. The van der Waals surface area contributed by atoms with Gasteiger partial charge < -0.3 is 9.64 Å². The summed E-state index contributed by atoms with van der Waals surface area (Å²) in [5.41, 5.74) is -1.36. The highest BCUT2D eigenvalue weighted by Gasteiger charge is 2.37. The molecule has 21 heavy (non-hydrogen) atoms. The van der Waals surface area contributed by atoms with Crippen molar-refractivity contribution < 1.29 is 22.7 Å². The van der Waals surface area contributed by atoms with Crippen molar-refractivity contribution in [2.75, 3.05) is 18.4 Å². The first-order valence-electron chi connectivity index (χ1n) is 6.41. The number of hydrogen-bond donors (Lipinski definition) is 0. The molecule has 0 saturated carbocycles. The van der Waals surface area contributed by atoms with E-state index in [1.165, 1.54) is 4.90 Å². The molecule has 1 amide bonds. The number of morpholine rings is 1. The molecule has 2 rings (SSSR count). The van der Waals surface area contributed by atoms with Crippen molar-refractivity contribution in [3.63, 3.8) is 0 Å². The predicted molar refractivity (Wildman–Crippen MR) is 75.0 cm³/mol. The highest BCUT2D eigenvalue weighted by Crippen LogP contribution is 2.25. The molecule has 1 heterocycles. The molecular weight excluding hydrogens is 351 g/mol. The van der Waals surface area contributed by atoms with Gasteiger partial charge in [-0.15, -0.1) is 0 Å². The maximum Gasteiger partial charge on any atom is 0.260 e. The molecule has 1 aromatic carbocycles. The quantitative estimate of drug-likeness (QED) is 0.753. The van der Waals surface area contributed by atoms with E-state index in [0.717, 1.165) is 0 Å². The second kappa shape index (κ2) is 5.96. The van der Waals surface area contributed by atoms with E-state index >= 15 is 0 Å². The zero-order valence-electron chi connectivity index (χ0n) is 11.6. The Bertz CT molecular complexity index is 542. The molecule has 0 bridgehead atoms. The molecule has 1 unspecified atom stereocenters. The SMILES string of the molecule is CC1(C)CN(C(=O)c2c(F)cc(F)cc2F)CC(CBr)O1. The van der Waals surface area contributed by atoms with Crippen LogP contribution in [0.1, 0.15) is 24.2 Å².